The summed E-state index contributed by atoms with van der Waals surface area (Å²) in [6, 6.07) is 7.92. The number of nitrogens with zero attached hydrogens (tertiary/aromatic N) is 2. The van der Waals surface area contributed by atoms with Crippen LogP contribution < -0.4 is 0 Å². The van der Waals surface area contributed by atoms with Crippen molar-refractivity contribution in [3.05, 3.63) is 69.3 Å². The number of H-pyrrole nitrogens is 2. The zero-order chi connectivity index (χ0) is 37.7. The fourth-order valence-corrected chi connectivity index (χ4v) is 6.81. The lowest BCUT2D eigenvalue weighted by Gasteiger charge is -2.05. The van der Waals surface area contributed by atoms with Crippen LogP contribution in [0.1, 0.15) is 97.4 Å². The van der Waals surface area contributed by atoms with Gasteiger partial charge < -0.3 is 28.9 Å². The molecule has 0 unspecified atom stereocenters. The number of nitrogens with one attached hydrogen (secondary N) is 2. The van der Waals surface area contributed by atoms with E-state index < -0.39 is 0 Å². The van der Waals surface area contributed by atoms with E-state index in [1.54, 1.807) is 0 Å². The average molecular weight is 711 g/mol. The molecule has 0 radical (unpaired) electrons. The van der Waals surface area contributed by atoms with Crippen LogP contribution in [0.5, 0.6) is 0 Å². The van der Waals surface area contributed by atoms with Gasteiger partial charge in [0.05, 0.1) is 51.2 Å². The van der Waals surface area contributed by atoms with E-state index in [4.69, 9.17) is 28.9 Å². The molecular formula is C40H46N4O8. The molecular weight excluding hydrogens is 664 g/mol. The maximum absolute atomic E-state index is 12.3. The number of rotatable bonds is 12. The molecule has 5 heterocycles. The van der Waals surface area contributed by atoms with E-state index in [0.29, 0.717) is 48.5 Å². The Morgan fingerprint density at radius 1 is 0.481 bits per heavy atom. The summed E-state index contributed by atoms with van der Waals surface area (Å²) in [4.78, 5) is 66.4. The van der Waals surface area contributed by atoms with Crippen molar-refractivity contribution in [2.45, 2.75) is 79.1 Å². The first-order chi connectivity index (χ1) is 24.9. The molecule has 2 aliphatic heterocycles. The lowest BCUT2D eigenvalue weighted by molar-refractivity contribution is -0.141. The predicted octanol–water partition coefficient (Wildman–Crippen LogP) is 6.91. The molecule has 12 nitrogen and oxygen atoms in total. The molecule has 0 saturated heterocycles. The summed E-state index contributed by atoms with van der Waals surface area (Å²) in [6.07, 6.45) is 2.46. The monoisotopic (exact) mass is 710 g/mol. The molecule has 5 rings (SSSR count). The second kappa shape index (κ2) is 16.2. The molecule has 2 N–H and O–H groups in total. The van der Waals surface area contributed by atoms with Crippen LogP contribution in [0.2, 0.25) is 0 Å². The Bertz CT molecular complexity index is 2170. The minimum Gasteiger partial charge on any atom is -0.469 e. The third kappa shape index (κ3) is 8.01. The van der Waals surface area contributed by atoms with Crippen molar-refractivity contribution in [2.24, 2.45) is 0 Å². The number of allylic oxidation sites excluding steroid dienone is 4. The van der Waals surface area contributed by atoms with Crippen molar-refractivity contribution in [1.29, 1.82) is 0 Å². The number of fused-ring (bicyclic) bond motifs is 8. The van der Waals surface area contributed by atoms with Gasteiger partial charge in [0.2, 0.25) is 0 Å². The molecule has 3 aromatic heterocycles. The Morgan fingerprint density at radius 3 is 1.27 bits per heavy atom. The van der Waals surface area contributed by atoms with Gasteiger partial charge in [-0.2, -0.15) is 0 Å². The molecule has 0 saturated carbocycles. The fraction of sp³-hybridized carbons (Fsp3) is 0.400. The van der Waals surface area contributed by atoms with Gasteiger partial charge in [-0.25, -0.2) is 9.97 Å². The second-order valence-electron chi connectivity index (χ2n) is 13.0. The Kier molecular flexibility index (Phi) is 11.8. The lowest BCUT2D eigenvalue weighted by Crippen LogP contribution is -2.02. The van der Waals surface area contributed by atoms with E-state index >= 15 is 0 Å². The van der Waals surface area contributed by atoms with Gasteiger partial charge in [0, 0.05) is 47.8 Å². The number of carbonyl (C=O) groups excluding carboxylic acids is 4. The summed E-state index contributed by atoms with van der Waals surface area (Å²) in [5, 5.41) is 0. The number of aryl methyl sites for hydroxylation is 4. The van der Waals surface area contributed by atoms with Crippen LogP contribution in [0.15, 0.2) is 24.3 Å². The van der Waals surface area contributed by atoms with Gasteiger partial charge in [-0.3, -0.25) is 19.2 Å². The summed E-state index contributed by atoms with van der Waals surface area (Å²) in [5.41, 5.74) is 13.5. The van der Waals surface area contributed by atoms with Crippen molar-refractivity contribution in [2.75, 3.05) is 28.4 Å². The Hall–Kier alpha value is -5.52. The summed E-state index contributed by atoms with van der Waals surface area (Å²) < 4.78 is 19.8. The second-order valence-corrected chi connectivity index (χ2v) is 13.0. The van der Waals surface area contributed by atoms with Crippen LogP contribution in [0.4, 0.5) is 0 Å². The zero-order valence-electron chi connectivity index (χ0n) is 31.1. The fourth-order valence-electron chi connectivity index (χ4n) is 6.81. The van der Waals surface area contributed by atoms with Gasteiger partial charge in [-0.15, -0.1) is 0 Å². The van der Waals surface area contributed by atoms with E-state index in [2.05, 4.69) is 9.97 Å². The first-order valence-corrected chi connectivity index (χ1v) is 17.3. The molecule has 0 fully saturated rings. The van der Waals surface area contributed by atoms with Gasteiger partial charge in [-0.1, -0.05) is 0 Å². The Morgan fingerprint density at radius 2 is 0.827 bits per heavy atom. The van der Waals surface area contributed by atoms with E-state index in [-0.39, 0.29) is 49.6 Å². The summed E-state index contributed by atoms with van der Waals surface area (Å²) in [7, 11) is 5.50. The molecule has 0 atom stereocenters. The van der Waals surface area contributed by atoms with Gasteiger partial charge in [0.15, 0.2) is 0 Å². The van der Waals surface area contributed by atoms with E-state index in [9.17, 15) is 19.2 Å². The molecule has 274 valence electrons. The number of methoxy groups -OCH3 is 4. The SMILES string of the molecule is COC(=O)CCC1=C(C)c2cc3[nH]c(cc4[nH]c(cc5nc(cc1n2)C(C)=C5CCC(=O)OC)c(C)c4CCC(=O)OC)c(C)c3CCC(=O)OC. The van der Waals surface area contributed by atoms with Crippen molar-refractivity contribution >= 4 is 68.2 Å². The highest BCUT2D eigenvalue weighted by atomic mass is 16.5. The van der Waals surface area contributed by atoms with Crippen molar-refractivity contribution in [3.8, 4) is 0 Å². The van der Waals surface area contributed by atoms with Crippen LogP contribution in [0.3, 0.4) is 0 Å². The molecule has 0 aliphatic carbocycles. The van der Waals surface area contributed by atoms with Crippen molar-refractivity contribution in [1.82, 2.24) is 19.9 Å². The maximum atomic E-state index is 12.3. The van der Waals surface area contributed by atoms with E-state index in [1.165, 1.54) is 28.4 Å². The van der Waals surface area contributed by atoms with Crippen LogP contribution in [-0.4, -0.2) is 72.3 Å². The number of carbonyl (C=O) groups is 4. The lowest BCUT2D eigenvalue weighted by atomic mass is 9.98. The molecule has 3 aromatic rings. The quantitative estimate of drug-likeness (QED) is 0.149. The van der Waals surface area contributed by atoms with Crippen molar-refractivity contribution < 1.29 is 38.1 Å². The largest absolute Gasteiger partial charge is 0.469 e. The number of ether oxygens (including phenoxy) is 4. The maximum Gasteiger partial charge on any atom is 0.305 e. The minimum atomic E-state index is -0.322. The summed E-state index contributed by atoms with van der Waals surface area (Å²) in [5.74, 6) is -1.27. The summed E-state index contributed by atoms with van der Waals surface area (Å²) >= 11 is 0. The topological polar surface area (TPSA) is 163 Å². The van der Waals surface area contributed by atoms with E-state index in [1.807, 2.05) is 52.0 Å². The number of aromatic amines is 2. The molecule has 52 heavy (non-hydrogen) atoms. The highest BCUT2D eigenvalue weighted by molar-refractivity contribution is 5.96. The van der Waals surface area contributed by atoms with Gasteiger partial charge >= 0.3 is 23.9 Å². The highest BCUT2D eigenvalue weighted by Gasteiger charge is 2.23. The highest BCUT2D eigenvalue weighted by Crippen LogP contribution is 2.38. The molecule has 0 amide bonds. The molecule has 0 spiro atoms. The molecule has 0 aromatic carbocycles. The van der Waals surface area contributed by atoms with Gasteiger partial charge in [0.1, 0.15) is 0 Å². The van der Waals surface area contributed by atoms with Gasteiger partial charge in [-0.05, 0) is 122 Å². The van der Waals surface area contributed by atoms with Gasteiger partial charge in [0.25, 0.3) is 0 Å². The third-order valence-electron chi connectivity index (χ3n) is 10.0. The standard InChI is InChI=1S/C40H46N4O8/c1-21-25(9-13-37(45)49-5)33-18-30-23(3)27(11-15-39(47)51-7)35(43-30)20-32-24(4)28(12-16-40(48)52-8)36(44-32)19-31-22(2)26(10-14-38(46)50-6)34(42-31)17-29(21)41-33/h17-20,41-42H,9-16H2,1-8H3. The Labute approximate surface area is 302 Å². The first kappa shape index (κ1) is 37.7. The predicted molar refractivity (Wildman–Crippen MR) is 199 cm³/mol. The number of esters is 4. The average Bonchev–Trinajstić information content (AvgIpc) is 3.80. The van der Waals surface area contributed by atoms with Crippen LogP contribution in [-0.2, 0) is 51.0 Å². The smallest absolute Gasteiger partial charge is 0.305 e. The molecule has 2 aliphatic rings. The minimum absolute atomic E-state index is 0.178. The number of hydrogen-bond acceptors (Lipinski definition) is 10. The summed E-state index contributed by atoms with van der Waals surface area (Å²) in [6.45, 7) is 7.98. The normalized spacial score (nSPS) is 12.6. The van der Waals surface area contributed by atoms with Crippen LogP contribution in [0, 0.1) is 13.8 Å². The van der Waals surface area contributed by atoms with Crippen LogP contribution in [0.25, 0.3) is 44.4 Å². The third-order valence-corrected chi connectivity index (χ3v) is 10.0. The number of aromatic nitrogens is 4. The zero-order valence-corrected chi connectivity index (χ0v) is 31.1. The van der Waals surface area contributed by atoms with Crippen LogP contribution >= 0.6 is 0 Å². The first-order valence-electron chi connectivity index (χ1n) is 17.3. The Balaban J connectivity index is 1.87. The molecule has 12 heteroatoms. The van der Waals surface area contributed by atoms with E-state index in [0.717, 1.165) is 66.6 Å². The molecule has 8 bridgehead atoms. The van der Waals surface area contributed by atoms with Crippen molar-refractivity contribution in [3.63, 3.8) is 0 Å². The number of hydrogen-bond donors (Lipinski definition) is 2.